The summed E-state index contributed by atoms with van der Waals surface area (Å²) in [6, 6.07) is 8.16. The van der Waals surface area contributed by atoms with Crippen molar-refractivity contribution in [2.45, 2.75) is 18.5 Å². The van der Waals surface area contributed by atoms with E-state index in [1.807, 2.05) is 37.6 Å². The summed E-state index contributed by atoms with van der Waals surface area (Å²) in [5, 5.41) is 4.82. The van der Waals surface area contributed by atoms with Gasteiger partial charge in [0.05, 0.1) is 11.3 Å². The smallest absolute Gasteiger partial charge is 0.254 e. The summed E-state index contributed by atoms with van der Waals surface area (Å²) in [6.07, 6.45) is 6.28. The van der Waals surface area contributed by atoms with E-state index in [1.54, 1.807) is 6.20 Å². The Balaban J connectivity index is 1.63. The first-order valence-electron chi connectivity index (χ1n) is 7.40. The number of benzene rings is 1. The van der Waals surface area contributed by atoms with Crippen molar-refractivity contribution in [3.63, 3.8) is 0 Å². The average molecular weight is 326 g/mol. The van der Waals surface area contributed by atoms with Gasteiger partial charge >= 0.3 is 0 Å². The molecule has 2 N–H and O–H groups in total. The second-order valence-electron chi connectivity index (χ2n) is 5.22. The van der Waals surface area contributed by atoms with Crippen molar-refractivity contribution < 1.29 is 4.79 Å². The molecule has 2 aromatic heterocycles. The highest BCUT2D eigenvalue weighted by Crippen LogP contribution is 2.17. The highest BCUT2D eigenvalue weighted by Gasteiger charge is 2.11. The van der Waals surface area contributed by atoms with Gasteiger partial charge in [-0.1, -0.05) is 30.0 Å². The lowest BCUT2D eigenvalue weighted by Crippen LogP contribution is -2.26. The maximum atomic E-state index is 12.3. The van der Waals surface area contributed by atoms with Crippen molar-refractivity contribution in [2.24, 2.45) is 0 Å². The first-order valence-corrected chi connectivity index (χ1v) is 8.62. The van der Waals surface area contributed by atoms with Crippen LogP contribution in [-0.4, -0.2) is 33.7 Å². The Hall–Kier alpha value is -2.34. The van der Waals surface area contributed by atoms with Gasteiger partial charge in [-0.25, -0.2) is 9.97 Å². The summed E-state index contributed by atoms with van der Waals surface area (Å²) in [7, 11) is 0. The van der Waals surface area contributed by atoms with Gasteiger partial charge in [0, 0.05) is 29.8 Å². The molecule has 118 valence electrons. The number of hydrogen-bond donors (Lipinski definition) is 2. The van der Waals surface area contributed by atoms with E-state index in [1.165, 1.54) is 22.7 Å². The number of carbonyl (C=O) groups excluding carboxylic acids is 1. The standard InChI is InChI=1S/C17H18N4OS/c1-11-14(10-20-17(21-11)23-2)16(22)18-8-7-12-9-19-15-6-4-3-5-13(12)15/h3-6,9-10,19H,7-8H2,1-2H3,(H,18,22). The number of thioether (sulfide) groups is 1. The molecular formula is C17H18N4OS. The second-order valence-corrected chi connectivity index (χ2v) is 5.99. The van der Waals surface area contributed by atoms with Crippen LogP contribution in [0.2, 0.25) is 0 Å². The van der Waals surface area contributed by atoms with Crippen LogP contribution in [0, 0.1) is 6.92 Å². The summed E-state index contributed by atoms with van der Waals surface area (Å²) in [4.78, 5) is 24.0. The number of rotatable bonds is 5. The molecule has 2 heterocycles. The molecule has 0 atom stereocenters. The monoisotopic (exact) mass is 326 g/mol. The van der Waals surface area contributed by atoms with Crippen molar-refractivity contribution in [2.75, 3.05) is 12.8 Å². The highest BCUT2D eigenvalue weighted by molar-refractivity contribution is 7.98. The van der Waals surface area contributed by atoms with E-state index in [4.69, 9.17) is 0 Å². The summed E-state index contributed by atoms with van der Waals surface area (Å²) in [5.74, 6) is -0.130. The lowest BCUT2D eigenvalue weighted by molar-refractivity contribution is 0.0952. The molecule has 0 aliphatic carbocycles. The molecule has 5 nitrogen and oxygen atoms in total. The van der Waals surface area contributed by atoms with Crippen LogP contribution in [0.4, 0.5) is 0 Å². The van der Waals surface area contributed by atoms with Gasteiger partial charge < -0.3 is 10.3 Å². The van der Waals surface area contributed by atoms with E-state index in [9.17, 15) is 4.79 Å². The maximum absolute atomic E-state index is 12.3. The summed E-state index contributed by atoms with van der Waals surface area (Å²) in [5.41, 5.74) is 3.55. The van der Waals surface area contributed by atoms with Gasteiger partial charge in [-0.2, -0.15) is 0 Å². The number of H-pyrrole nitrogens is 1. The largest absolute Gasteiger partial charge is 0.361 e. The molecule has 23 heavy (non-hydrogen) atoms. The van der Waals surface area contributed by atoms with E-state index >= 15 is 0 Å². The van der Waals surface area contributed by atoms with Crippen molar-refractivity contribution in [1.29, 1.82) is 0 Å². The van der Waals surface area contributed by atoms with E-state index in [2.05, 4.69) is 26.3 Å². The van der Waals surface area contributed by atoms with Crippen molar-refractivity contribution in [3.05, 3.63) is 53.5 Å². The molecule has 3 aromatic rings. The molecule has 0 spiro atoms. The summed E-state index contributed by atoms with van der Waals surface area (Å²) < 4.78 is 0. The summed E-state index contributed by atoms with van der Waals surface area (Å²) >= 11 is 1.46. The predicted molar refractivity (Wildman–Crippen MR) is 92.9 cm³/mol. The highest BCUT2D eigenvalue weighted by atomic mass is 32.2. The van der Waals surface area contributed by atoms with E-state index in [0.29, 0.717) is 23.0 Å². The van der Waals surface area contributed by atoms with Crippen molar-refractivity contribution >= 4 is 28.6 Å². The van der Waals surface area contributed by atoms with Crippen LogP contribution in [0.15, 0.2) is 41.8 Å². The lowest BCUT2D eigenvalue weighted by atomic mass is 10.1. The number of para-hydroxylation sites is 1. The fraction of sp³-hybridized carbons (Fsp3) is 0.235. The zero-order valence-corrected chi connectivity index (χ0v) is 13.9. The molecule has 1 aromatic carbocycles. The Bertz CT molecular complexity index is 843. The average Bonchev–Trinajstić information content (AvgIpc) is 2.98. The van der Waals surface area contributed by atoms with Crippen LogP contribution >= 0.6 is 11.8 Å². The molecule has 0 aliphatic rings. The van der Waals surface area contributed by atoms with Crippen LogP contribution in [0.5, 0.6) is 0 Å². The van der Waals surface area contributed by atoms with Gasteiger partial charge in [-0.05, 0) is 31.2 Å². The van der Waals surface area contributed by atoms with Gasteiger partial charge in [0.1, 0.15) is 0 Å². The fourth-order valence-electron chi connectivity index (χ4n) is 2.51. The van der Waals surface area contributed by atoms with E-state index < -0.39 is 0 Å². The first-order chi connectivity index (χ1) is 11.2. The lowest BCUT2D eigenvalue weighted by Gasteiger charge is -2.07. The number of amides is 1. The Labute approximate surface area is 138 Å². The Morgan fingerprint density at radius 3 is 2.96 bits per heavy atom. The molecule has 0 saturated heterocycles. The molecule has 6 heteroatoms. The number of nitrogens with zero attached hydrogens (tertiary/aromatic N) is 2. The predicted octanol–water partition coefficient (Wildman–Crippen LogP) is 2.96. The van der Waals surface area contributed by atoms with Crippen LogP contribution < -0.4 is 5.32 Å². The van der Waals surface area contributed by atoms with Gasteiger partial charge in [-0.3, -0.25) is 4.79 Å². The third-order valence-corrected chi connectivity index (χ3v) is 4.30. The molecule has 0 unspecified atom stereocenters. The number of aromatic nitrogens is 3. The number of aromatic amines is 1. The van der Waals surface area contributed by atoms with Crippen molar-refractivity contribution in [3.8, 4) is 0 Å². The van der Waals surface area contributed by atoms with Gasteiger partial charge in [-0.15, -0.1) is 0 Å². The fourth-order valence-corrected chi connectivity index (χ4v) is 2.90. The minimum atomic E-state index is -0.130. The molecule has 0 saturated carbocycles. The van der Waals surface area contributed by atoms with Crippen LogP contribution in [-0.2, 0) is 6.42 Å². The molecule has 0 aliphatic heterocycles. The number of nitrogens with one attached hydrogen (secondary N) is 2. The first kappa shape index (κ1) is 15.6. The van der Waals surface area contributed by atoms with Gasteiger partial charge in [0.15, 0.2) is 5.16 Å². The quantitative estimate of drug-likeness (QED) is 0.558. The molecule has 1 amide bonds. The minimum Gasteiger partial charge on any atom is -0.361 e. The zero-order valence-electron chi connectivity index (χ0n) is 13.1. The molecular weight excluding hydrogens is 308 g/mol. The molecule has 0 bridgehead atoms. The third kappa shape index (κ3) is 3.37. The van der Waals surface area contributed by atoms with Crippen molar-refractivity contribution in [1.82, 2.24) is 20.3 Å². The number of fused-ring (bicyclic) bond motifs is 1. The number of aryl methyl sites for hydroxylation is 1. The Morgan fingerprint density at radius 1 is 1.35 bits per heavy atom. The molecule has 0 fully saturated rings. The molecule has 0 radical (unpaired) electrons. The second kappa shape index (κ2) is 6.83. The SMILES string of the molecule is CSc1ncc(C(=O)NCCc2c[nH]c3ccccc23)c(C)n1. The van der Waals surface area contributed by atoms with Gasteiger partial charge in [0.25, 0.3) is 5.91 Å². The van der Waals surface area contributed by atoms with E-state index in [-0.39, 0.29) is 5.91 Å². The van der Waals surface area contributed by atoms with Crippen LogP contribution in [0.1, 0.15) is 21.6 Å². The number of carbonyl (C=O) groups is 1. The minimum absolute atomic E-state index is 0.130. The third-order valence-electron chi connectivity index (χ3n) is 3.74. The number of hydrogen-bond acceptors (Lipinski definition) is 4. The zero-order chi connectivity index (χ0) is 16.2. The maximum Gasteiger partial charge on any atom is 0.254 e. The molecule has 3 rings (SSSR count). The van der Waals surface area contributed by atoms with E-state index in [0.717, 1.165) is 11.9 Å². The van der Waals surface area contributed by atoms with Crippen LogP contribution in [0.25, 0.3) is 10.9 Å². The summed E-state index contributed by atoms with van der Waals surface area (Å²) in [6.45, 7) is 2.40. The Morgan fingerprint density at radius 2 is 2.17 bits per heavy atom. The van der Waals surface area contributed by atoms with Crippen LogP contribution in [0.3, 0.4) is 0 Å². The van der Waals surface area contributed by atoms with Gasteiger partial charge in [0.2, 0.25) is 0 Å². The topological polar surface area (TPSA) is 70.7 Å². The Kier molecular flexibility index (Phi) is 4.62. The normalized spacial score (nSPS) is 10.9.